The van der Waals surface area contributed by atoms with Gasteiger partial charge in [0.2, 0.25) is 6.04 Å². The van der Waals surface area contributed by atoms with Crippen molar-refractivity contribution < 1.29 is 14.5 Å². The third-order valence-corrected chi connectivity index (χ3v) is 4.87. The van der Waals surface area contributed by atoms with Crippen LogP contribution in [-0.4, -0.2) is 26.9 Å². The standard InChI is InChI=1S/C10H11Cl2NO4/c1-5(13(16)17)8-9(10(8,11)12)6(14)3-2-4-7(9)15/h5,8H,2-4H2,1H3/t5-,8-/m1/s1. The summed E-state index contributed by atoms with van der Waals surface area (Å²) >= 11 is 12.0. The number of nitrogens with zero attached hydrogens (tertiary/aromatic N) is 1. The minimum atomic E-state index is -1.62. The number of Topliss-reactive ketones (excluding diaryl/α,β-unsaturated/α-hetero) is 2. The second kappa shape index (κ2) is 3.65. The molecule has 0 unspecified atom stereocenters. The van der Waals surface area contributed by atoms with Gasteiger partial charge in [0, 0.05) is 24.7 Å². The van der Waals surface area contributed by atoms with Crippen molar-refractivity contribution in [3.63, 3.8) is 0 Å². The van der Waals surface area contributed by atoms with Gasteiger partial charge in [0.15, 0.2) is 0 Å². The van der Waals surface area contributed by atoms with E-state index in [2.05, 4.69) is 0 Å². The van der Waals surface area contributed by atoms with E-state index >= 15 is 0 Å². The van der Waals surface area contributed by atoms with Crippen LogP contribution in [0.5, 0.6) is 0 Å². The Kier molecular flexibility index (Phi) is 2.74. The lowest BCUT2D eigenvalue weighted by molar-refractivity contribution is -0.523. The number of carbonyl (C=O) groups excluding carboxylic acids is 2. The van der Waals surface area contributed by atoms with Crippen molar-refractivity contribution in [3.05, 3.63) is 10.1 Å². The van der Waals surface area contributed by atoms with Crippen molar-refractivity contribution in [1.82, 2.24) is 0 Å². The third-order valence-electron chi connectivity index (χ3n) is 3.80. The molecule has 2 atom stereocenters. The van der Waals surface area contributed by atoms with Gasteiger partial charge in [0.1, 0.15) is 21.3 Å². The van der Waals surface area contributed by atoms with Gasteiger partial charge in [-0.1, -0.05) is 23.2 Å². The van der Waals surface area contributed by atoms with Gasteiger partial charge in [0.25, 0.3) is 0 Å². The molecule has 0 amide bonds. The summed E-state index contributed by atoms with van der Waals surface area (Å²) in [7, 11) is 0. The summed E-state index contributed by atoms with van der Waals surface area (Å²) in [6.45, 7) is 1.33. The number of halogens is 2. The van der Waals surface area contributed by atoms with Crippen LogP contribution in [0.2, 0.25) is 0 Å². The normalized spacial score (nSPS) is 31.4. The molecule has 2 aliphatic rings. The van der Waals surface area contributed by atoms with Crippen molar-refractivity contribution in [2.24, 2.45) is 11.3 Å². The van der Waals surface area contributed by atoms with E-state index in [9.17, 15) is 19.7 Å². The van der Waals surface area contributed by atoms with Crippen molar-refractivity contribution in [2.75, 3.05) is 0 Å². The van der Waals surface area contributed by atoms with E-state index in [0.29, 0.717) is 6.42 Å². The molecule has 5 nitrogen and oxygen atoms in total. The van der Waals surface area contributed by atoms with Crippen molar-refractivity contribution >= 4 is 34.8 Å². The maximum absolute atomic E-state index is 11.9. The zero-order valence-corrected chi connectivity index (χ0v) is 10.6. The van der Waals surface area contributed by atoms with Gasteiger partial charge in [-0.25, -0.2) is 0 Å². The Morgan fingerprint density at radius 1 is 1.35 bits per heavy atom. The quantitative estimate of drug-likeness (QED) is 0.334. The summed E-state index contributed by atoms with van der Waals surface area (Å²) in [6.07, 6.45) is 0.907. The van der Waals surface area contributed by atoms with E-state index in [1.807, 2.05) is 0 Å². The zero-order valence-electron chi connectivity index (χ0n) is 9.11. The molecule has 0 heterocycles. The topological polar surface area (TPSA) is 77.3 Å². The highest BCUT2D eigenvalue weighted by Crippen LogP contribution is 2.73. The second-order valence-electron chi connectivity index (χ2n) is 4.63. The van der Waals surface area contributed by atoms with E-state index in [1.54, 1.807) is 0 Å². The van der Waals surface area contributed by atoms with Crippen LogP contribution in [0.15, 0.2) is 0 Å². The predicted molar refractivity (Wildman–Crippen MR) is 60.7 cm³/mol. The Labute approximate surface area is 108 Å². The number of rotatable bonds is 2. The Morgan fingerprint density at radius 2 is 1.82 bits per heavy atom. The van der Waals surface area contributed by atoms with Gasteiger partial charge in [-0.15, -0.1) is 0 Å². The van der Waals surface area contributed by atoms with Gasteiger partial charge in [-0.05, 0) is 6.42 Å². The summed E-state index contributed by atoms with van der Waals surface area (Å²) in [5.41, 5.74) is -1.53. The Hall–Kier alpha value is -0.680. The Morgan fingerprint density at radius 3 is 2.24 bits per heavy atom. The second-order valence-corrected chi connectivity index (χ2v) is 6.02. The monoisotopic (exact) mass is 279 g/mol. The summed E-state index contributed by atoms with van der Waals surface area (Å²) in [4.78, 5) is 34.1. The van der Waals surface area contributed by atoms with Gasteiger partial charge < -0.3 is 0 Å². The molecule has 1 spiro atoms. The molecule has 0 radical (unpaired) electrons. The fourth-order valence-corrected chi connectivity index (χ4v) is 4.13. The molecule has 0 aromatic carbocycles. The van der Waals surface area contributed by atoms with E-state index < -0.39 is 26.6 Å². The first-order valence-electron chi connectivity index (χ1n) is 5.35. The van der Waals surface area contributed by atoms with Crippen LogP contribution in [0.3, 0.4) is 0 Å². The molecule has 2 aliphatic carbocycles. The number of hydrogen-bond acceptors (Lipinski definition) is 4. The minimum absolute atomic E-state index is 0.216. The first-order valence-corrected chi connectivity index (χ1v) is 6.11. The molecule has 94 valence electrons. The fraction of sp³-hybridized carbons (Fsp3) is 0.800. The summed E-state index contributed by atoms with van der Waals surface area (Å²) in [6, 6.07) is -1.10. The average molecular weight is 280 g/mol. The lowest BCUT2D eigenvalue weighted by Crippen LogP contribution is -2.37. The number of carbonyl (C=O) groups is 2. The molecule has 0 aliphatic heterocycles. The molecule has 2 fully saturated rings. The van der Waals surface area contributed by atoms with Crippen LogP contribution in [0.4, 0.5) is 0 Å². The molecule has 0 saturated heterocycles. The first-order chi connectivity index (χ1) is 7.77. The maximum atomic E-state index is 11.9. The lowest BCUT2D eigenvalue weighted by Gasteiger charge is -2.20. The van der Waals surface area contributed by atoms with Crippen molar-refractivity contribution in [1.29, 1.82) is 0 Å². The first kappa shape index (κ1) is 12.8. The van der Waals surface area contributed by atoms with Crippen LogP contribution in [0.1, 0.15) is 26.2 Å². The highest BCUT2D eigenvalue weighted by atomic mass is 35.5. The SMILES string of the molecule is C[C@H]([C@H]1C(Cl)(Cl)C12C(=O)CCCC2=O)[N+](=O)[O-]. The van der Waals surface area contributed by atoms with Crippen LogP contribution in [0, 0.1) is 21.4 Å². The smallest absolute Gasteiger partial charge is 0.217 e. The van der Waals surface area contributed by atoms with Gasteiger partial charge in [-0.2, -0.15) is 0 Å². The summed E-state index contributed by atoms with van der Waals surface area (Å²) < 4.78 is -1.62. The van der Waals surface area contributed by atoms with E-state index in [0.717, 1.165) is 0 Å². The molecule has 0 aromatic heterocycles. The molecule has 0 N–H and O–H groups in total. The zero-order chi connectivity index (χ0) is 13.0. The van der Waals surface area contributed by atoms with Gasteiger partial charge in [-0.3, -0.25) is 19.7 Å². The molecular formula is C10H11Cl2NO4. The number of ketones is 2. The molecule has 0 bridgehead atoms. The van der Waals surface area contributed by atoms with E-state index in [4.69, 9.17) is 23.2 Å². The largest absolute Gasteiger partial charge is 0.298 e. The lowest BCUT2D eigenvalue weighted by atomic mass is 9.81. The molecule has 2 rings (SSSR count). The Balaban J connectivity index is 2.41. The highest BCUT2D eigenvalue weighted by molar-refractivity contribution is 6.56. The Bertz CT molecular complexity index is 405. The fourth-order valence-electron chi connectivity index (χ4n) is 2.89. The van der Waals surface area contributed by atoms with E-state index in [1.165, 1.54) is 6.92 Å². The number of alkyl halides is 2. The van der Waals surface area contributed by atoms with Crippen LogP contribution < -0.4 is 0 Å². The number of nitro groups is 1. The van der Waals surface area contributed by atoms with Gasteiger partial charge in [0.05, 0.1) is 5.92 Å². The van der Waals surface area contributed by atoms with Crippen molar-refractivity contribution in [3.8, 4) is 0 Å². The predicted octanol–water partition coefficient (Wildman–Crippen LogP) is 1.76. The average Bonchev–Trinajstić information content (AvgIpc) is 2.72. The van der Waals surface area contributed by atoms with Crippen molar-refractivity contribution in [2.45, 2.75) is 36.6 Å². The molecule has 17 heavy (non-hydrogen) atoms. The van der Waals surface area contributed by atoms with Gasteiger partial charge >= 0.3 is 0 Å². The highest BCUT2D eigenvalue weighted by Gasteiger charge is 2.86. The minimum Gasteiger partial charge on any atom is -0.298 e. The summed E-state index contributed by atoms with van der Waals surface area (Å²) in [5.74, 6) is -1.61. The third kappa shape index (κ3) is 1.38. The molecule has 7 heteroatoms. The van der Waals surface area contributed by atoms with Crippen LogP contribution in [-0.2, 0) is 9.59 Å². The maximum Gasteiger partial charge on any atom is 0.217 e. The number of hydrogen-bond donors (Lipinski definition) is 0. The summed E-state index contributed by atoms with van der Waals surface area (Å²) in [5, 5.41) is 10.8. The molecule has 0 aromatic rings. The van der Waals surface area contributed by atoms with E-state index in [-0.39, 0.29) is 24.4 Å². The van der Waals surface area contributed by atoms with Crippen LogP contribution >= 0.6 is 23.2 Å². The van der Waals surface area contributed by atoms with Crippen LogP contribution in [0.25, 0.3) is 0 Å². The molecular weight excluding hydrogens is 269 g/mol. The molecule has 2 saturated carbocycles.